The molecule has 2 rings (SSSR count). The number of ether oxygens (including phenoxy) is 1. The summed E-state index contributed by atoms with van der Waals surface area (Å²) in [5, 5.41) is 6.59. The first-order valence-corrected chi connectivity index (χ1v) is 9.08. The first-order valence-electron chi connectivity index (χ1n) is 8.29. The SMILES string of the molecule is CC(C)(C)OC(=O)NC1CCC(NCc2ccc(Br)cc2)CC1. The Morgan fingerprint density at radius 2 is 1.70 bits per heavy atom. The van der Waals surface area contributed by atoms with E-state index in [0.717, 1.165) is 36.7 Å². The molecule has 0 radical (unpaired) electrons. The largest absolute Gasteiger partial charge is 0.444 e. The molecule has 1 aromatic carbocycles. The number of carbonyl (C=O) groups excluding carboxylic acids is 1. The smallest absolute Gasteiger partial charge is 0.407 e. The molecule has 1 amide bonds. The fraction of sp³-hybridized carbons (Fsp3) is 0.611. The van der Waals surface area contributed by atoms with Crippen LogP contribution in [0.25, 0.3) is 0 Å². The number of hydrogen-bond acceptors (Lipinski definition) is 3. The van der Waals surface area contributed by atoms with Gasteiger partial charge in [0.25, 0.3) is 0 Å². The van der Waals surface area contributed by atoms with E-state index in [1.165, 1.54) is 5.56 Å². The van der Waals surface area contributed by atoms with Crippen LogP contribution in [0.2, 0.25) is 0 Å². The van der Waals surface area contributed by atoms with Crippen LogP contribution in [-0.4, -0.2) is 23.8 Å². The van der Waals surface area contributed by atoms with Gasteiger partial charge in [0.15, 0.2) is 0 Å². The lowest BCUT2D eigenvalue weighted by Gasteiger charge is -2.30. The minimum absolute atomic E-state index is 0.232. The van der Waals surface area contributed by atoms with E-state index in [0.29, 0.717) is 6.04 Å². The highest BCUT2D eigenvalue weighted by Gasteiger charge is 2.24. The van der Waals surface area contributed by atoms with Gasteiger partial charge in [0.1, 0.15) is 5.60 Å². The minimum Gasteiger partial charge on any atom is -0.444 e. The lowest BCUT2D eigenvalue weighted by molar-refractivity contribution is 0.0490. The molecule has 2 N–H and O–H groups in total. The number of rotatable bonds is 4. The van der Waals surface area contributed by atoms with Gasteiger partial charge in [-0.05, 0) is 64.2 Å². The van der Waals surface area contributed by atoms with Crippen LogP contribution in [0.3, 0.4) is 0 Å². The van der Waals surface area contributed by atoms with Crippen LogP contribution in [0.4, 0.5) is 4.79 Å². The van der Waals surface area contributed by atoms with Crippen molar-refractivity contribution >= 4 is 22.0 Å². The lowest BCUT2D eigenvalue weighted by Crippen LogP contribution is -2.43. The van der Waals surface area contributed by atoms with E-state index in [1.807, 2.05) is 20.8 Å². The van der Waals surface area contributed by atoms with Crippen molar-refractivity contribution in [2.24, 2.45) is 0 Å². The van der Waals surface area contributed by atoms with Crippen molar-refractivity contribution in [1.82, 2.24) is 10.6 Å². The third kappa shape index (κ3) is 6.92. The van der Waals surface area contributed by atoms with Gasteiger partial charge >= 0.3 is 6.09 Å². The molecule has 0 atom stereocenters. The van der Waals surface area contributed by atoms with Crippen LogP contribution < -0.4 is 10.6 Å². The van der Waals surface area contributed by atoms with E-state index in [9.17, 15) is 4.79 Å². The Hall–Kier alpha value is -1.07. The molecule has 23 heavy (non-hydrogen) atoms. The Balaban J connectivity index is 1.67. The van der Waals surface area contributed by atoms with Gasteiger partial charge in [-0.3, -0.25) is 0 Å². The van der Waals surface area contributed by atoms with Crippen molar-refractivity contribution in [3.8, 4) is 0 Å². The molecule has 1 fully saturated rings. The van der Waals surface area contributed by atoms with Crippen LogP contribution >= 0.6 is 15.9 Å². The summed E-state index contributed by atoms with van der Waals surface area (Å²) < 4.78 is 6.42. The van der Waals surface area contributed by atoms with Gasteiger partial charge in [0.2, 0.25) is 0 Å². The van der Waals surface area contributed by atoms with E-state index < -0.39 is 5.60 Å². The first-order chi connectivity index (χ1) is 10.8. The Kier molecular flexibility index (Phi) is 6.48. The molecule has 0 aliphatic heterocycles. The summed E-state index contributed by atoms with van der Waals surface area (Å²) in [5.41, 5.74) is 0.857. The number of amides is 1. The average Bonchev–Trinajstić information content (AvgIpc) is 2.46. The van der Waals surface area contributed by atoms with E-state index >= 15 is 0 Å². The Morgan fingerprint density at radius 1 is 1.13 bits per heavy atom. The lowest BCUT2D eigenvalue weighted by atomic mass is 9.91. The zero-order valence-corrected chi connectivity index (χ0v) is 15.8. The topological polar surface area (TPSA) is 50.4 Å². The molecule has 128 valence electrons. The molecule has 1 aromatic rings. The third-order valence-electron chi connectivity index (χ3n) is 3.96. The standard InChI is InChI=1S/C18H27BrN2O2/c1-18(2,3)23-17(22)21-16-10-8-15(9-11-16)20-12-13-4-6-14(19)7-5-13/h4-7,15-16,20H,8-12H2,1-3H3,(H,21,22). The maximum atomic E-state index is 11.8. The van der Waals surface area contributed by atoms with Crippen molar-refractivity contribution in [2.45, 2.75) is 70.7 Å². The van der Waals surface area contributed by atoms with Crippen molar-refractivity contribution in [1.29, 1.82) is 0 Å². The average molecular weight is 383 g/mol. The molecule has 0 saturated heterocycles. The second-order valence-corrected chi connectivity index (χ2v) is 8.12. The van der Waals surface area contributed by atoms with E-state index in [1.54, 1.807) is 0 Å². The van der Waals surface area contributed by atoms with Crippen LogP contribution in [0.5, 0.6) is 0 Å². The monoisotopic (exact) mass is 382 g/mol. The number of alkyl carbamates (subject to hydrolysis) is 1. The summed E-state index contributed by atoms with van der Waals surface area (Å²) >= 11 is 3.45. The van der Waals surface area contributed by atoms with Gasteiger partial charge < -0.3 is 15.4 Å². The zero-order chi connectivity index (χ0) is 16.9. The summed E-state index contributed by atoms with van der Waals surface area (Å²) in [6.45, 7) is 6.54. The van der Waals surface area contributed by atoms with Crippen molar-refractivity contribution < 1.29 is 9.53 Å². The normalized spacial score (nSPS) is 21.7. The van der Waals surface area contributed by atoms with Crippen molar-refractivity contribution in [3.63, 3.8) is 0 Å². The summed E-state index contributed by atoms with van der Waals surface area (Å²) in [4.78, 5) is 11.8. The van der Waals surface area contributed by atoms with Gasteiger partial charge in [-0.15, -0.1) is 0 Å². The van der Waals surface area contributed by atoms with Gasteiger partial charge in [-0.2, -0.15) is 0 Å². The van der Waals surface area contributed by atoms with E-state index in [2.05, 4.69) is 50.8 Å². The highest BCUT2D eigenvalue weighted by molar-refractivity contribution is 9.10. The third-order valence-corrected chi connectivity index (χ3v) is 4.48. The second kappa shape index (κ2) is 8.15. The highest BCUT2D eigenvalue weighted by atomic mass is 79.9. The van der Waals surface area contributed by atoms with Crippen LogP contribution in [0.15, 0.2) is 28.7 Å². The molecule has 1 aliphatic carbocycles. The molecule has 0 unspecified atom stereocenters. The number of nitrogens with one attached hydrogen (secondary N) is 2. The molecule has 0 heterocycles. The van der Waals surface area contributed by atoms with Crippen LogP contribution in [0.1, 0.15) is 52.0 Å². The molecular formula is C18H27BrN2O2. The van der Waals surface area contributed by atoms with Crippen LogP contribution in [-0.2, 0) is 11.3 Å². The number of halogens is 1. The summed E-state index contributed by atoms with van der Waals surface area (Å²) in [6.07, 6.45) is 3.85. The maximum absolute atomic E-state index is 11.8. The maximum Gasteiger partial charge on any atom is 0.407 e. The predicted molar refractivity (Wildman–Crippen MR) is 96.4 cm³/mol. The summed E-state index contributed by atoms with van der Waals surface area (Å²) in [5.74, 6) is 0. The van der Waals surface area contributed by atoms with E-state index in [4.69, 9.17) is 4.74 Å². The number of hydrogen-bond donors (Lipinski definition) is 2. The first kappa shape index (κ1) is 18.3. The van der Waals surface area contributed by atoms with Crippen molar-refractivity contribution in [3.05, 3.63) is 34.3 Å². The number of benzene rings is 1. The molecule has 1 saturated carbocycles. The van der Waals surface area contributed by atoms with Crippen molar-refractivity contribution in [2.75, 3.05) is 0 Å². The fourth-order valence-electron chi connectivity index (χ4n) is 2.78. The molecule has 0 aromatic heterocycles. The highest BCUT2D eigenvalue weighted by Crippen LogP contribution is 2.20. The Labute approximate surface area is 147 Å². The van der Waals surface area contributed by atoms with Gasteiger partial charge in [-0.1, -0.05) is 28.1 Å². The zero-order valence-electron chi connectivity index (χ0n) is 14.2. The van der Waals surface area contributed by atoms with Gasteiger partial charge in [-0.25, -0.2) is 4.79 Å². The van der Waals surface area contributed by atoms with Gasteiger partial charge in [0.05, 0.1) is 0 Å². The van der Waals surface area contributed by atoms with Crippen LogP contribution in [0, 0.1) is 0 Å². The molecule has 4 nitrogen and oxygen atoms in total. The van der Waals surface area contributed by atoms with Gasteiger partial charge in [0, 0.05) is 23.1 Å². The molecule has 1 aliphatic rings. The van der Waals surface area contributed by atoms with E-state index in [-0.39, 0.29) is 12.1 Å². The molecular weight excluding hydrogens is 356 g/mol. The second-order valence-electron chi connectivity index (χ2n) is 7.20. The molecule has 5 heteroatoms. The molecule has 0 bridgehead atoms. The quantitative estimate of drug-likeness (QED) is 0.812. The Morgan fingerprint density at radius 3 is 2.26 bits per heavy atom. The summed E-state index contributed by atoms with van der Waals surface area (Å²) in [7, 11) is 0. The molecule has 0 spiro atoms. The number of carbonyl (C=O) groups is 1. The minimum atomic E-state index is -0.437. The predicted octanol–water partition coefficient (Wildman–Crippen LogP) is 4.37. The fourth-order valence-corrected chi connectivity index (χ4v) is 3.04. The summed E-state index contributed by atoms with van der Waals surface area (Å²) in [6, 6.07) is 9.16. The Bertz CT molecular complexity index is 503.